The molecule has 0 spiro atoms. The van der Waals surface area contributed by atoms with E-state index in [0.29, 0.717) is 0 Å². The first-order chi connectivity index (χ1) is 10.6. The maximum Gasteiger partial charge on any atom is 0.0596 e. The molecule has 0 saturated heterocycles. The number of hydrogen-bond donors (Lipinski definition) is 1. The van der Waals surface area contributed by atoms with Gasteiger partial charge in [0, 0.05) is 0 Å². The lowest BCUT2D eigenvalue weighted by Crippen LogP contribution is -2.43. The van der Waals surface area contributed by atoms with Crippen LogP contribution in [0.3, 0.4) is 0 Å². The van der Waals surface area contributed by atoms with E-state index in [1.807, 2.05) is 0 Å². The average molecular weight is 298 g/mol. The minimum atomic E-state index is -0.0493. The molecule has 1 nitrogen and oxygen atoms in total. The largest absolute Gasteiger partial charge is 0.393 e. The highest BCUT2D eigenvalue weighted by Crippen LogP contribution is 2.60. The fraction of sp³-hybridized carbons (Fsp3) is 0.714. The van der Waals surface area contributed by atoms with E-state index >= 15 is 0 Å². The standard InChI is InChI=1S/C21H30O/c1-3-4-14-5-7-16-15(13-14)6-8-18-17(16)11-12-21(2)19(18)9-10-20(21)22/h5,7,13,17-20,22H,3-4,6,8-12H2,1-2H3. The third kappa shape index (κ3) is 2.08. The number of aliphatic hydroxyl groups is 1. The molecule has 120 valence electrons. The van der Waals surface area contributed by atoms with Crippen molar-refractivity contribution in [1.29, 1.82) is 0 Å². The molecule has 0 radical (unpaired) electrons. The van der Waals surface area contributed by atoms with Crippen LogP contribution < -0.4 is 0 Å². The Kier molecular flexibility index (Phi) is 3.60. The third-order valence-electron chi connectivity index (χ3n) is 7.28. The van der Waals surface area contributed by atoms with E-state index in [1.54, 1.807) is 11.1 Å². The van der Waals surface area contributed by atoms with E-state index in [9.17, 15) is 5.11 Å². The van der Waals surface area contributed by atoms with Gasteiger partial charge in [0.25, 0.3) is 0 Å². The van der Waals surface area contributed by atoms with E-state index in [0.717, 1.165) is 24.2 Å². The molecule has 4 rings (SSSR count). The molecule has 0 aromatic heterocycles. The van der Waals surface area contributed by atoms with Crippen LogP contribution in [-0.4, -0.2) is 11.2 Å². The van der Waals surface area contributed by atoms with Gasteiger partial charge in [0.15, 0.2) is 0 Å². The molecular formula is C21H30O. The number of aliphatic hydroxyl groups excluding tert-OH is 1. The van der Waals surface area contributed by atoms with Crippen LogP contribution in [0.4, 0.5) is 0 Å². The molecule has 1 heteroatoms. The highest BCUT2D eigenvalue weighted by Gasteiger charge is 2.54. The van der Waals surface area contributed by atoms with Crippen molar-refractivity contribution in [3.63, 3.8) is 0 Å². The maximum absolute atomic E-state index is 10.5. The molecule has 2 fully saturated rings. The Morgan fingerprint density at radius 2 is 2.05 bits per heavy atom. The van der Waals surface area contributed by atoms with Crippen molar-refractivity contribution in [2.45, 2.75) is 77.2 Å². The first kappa shape index (κ1) is 14.8. The molecule has 1 N–H and O–H groups in total. The van der Waals surface area contributed by atoms with Crippen molar-refractivity contribution in [2.75, 3.05) is 0 Å². The summed E-state index contributed by atoms with van der Waals surface area (Å²) in [6.45, 7) is 4.63. The molecule has 5 atom stereocenters. The Bertz CT molecular complexity index is 563. The van der Waals surface area contributed by atoms with Gasteiger partial charge in [-0.15, -0.1) is 0 Å². The van der Waals surface area contributed by atoms with Crippen LogP contribution in [0, 0.1) is 17.3 Å². The first-order valence-corrected chi connectivity index (χ1v) is 9.43. The Labute approximate surface area is 135 Å². The van der Waals surface area contributed by atoms with Gasteiger partial charge in [-0.2, -0.15) is 0 Å². The van der Waals surface area contributed by atoms with Gasteiger partial charge in [0.05, 0.1) is 6.10 Å². The zero-order valence-electron chi connectivity index (χ0n) is 14.1. The normalized spacial score (nSPS) is 40.0. The Morgan fingerprint density at radius 1 is 1.18 bits per heavy atom. The number of benzene rings is 1. The fourth-order valence-corrected chi connectivity index (χ4v) is 6.05. The molecule has 0 bridgehead atoms. The summed E-state index contributed by atoms with van der Waals surface area (Å²) in [5, 5.41) is 10.5. The van der Waals surface area contributed by atoms with Crippen LogP contribution in [0.2, 0.25) is 0 Å². The second-order valence-corrected chi connectivity index (χ2v) is 8.34. The van der Waals surface area contributed by atoms with Crippen LogP contribution in [0.5, 0.6) is 0 Å². The summed E-state index contributed by atoms with van der Waals surface area (Å²) in [6.07, 6.45) is 9.81. The molecule has 0 heterocycles. The van der Waals surface area contributed by atoms with Crippen LogP contribution in [0.25, 0.3) is 0 Å². The molecular weight excluding hydrogens is 268 g/mol. The zero-order valence-corrected chi connectivity index (χ0v) is 14.1. The molecule has 22 heavy (non-hydrogen) atoms. The molecule has 5 unspecified atom stereocenters. The number of hydrogen-bond acceptors (Lipinski definition) is 1. The molecule has 3 aliphatic carbocycles. The summed E-state index contributed by atoms with van der Waals surface area (Å²) in [5.41, 5.74) is 5.02. The van der Waals surface area contributed by atoms with Gasteiger partial charge in [-0.25, -0.2) is 0 Å². The third-order valence-corrected chi connectivity index (χ3v) is 7.28. The summed E-state index contributed by atoms with van der Waals surface area (Å²) in [7, 11) is 0. The monoisotopic (exact) mass is 298 g/mol. The summed E-state index contributed by atoms with van der Waals surface area (Å²) < 4.78 is 0. The Hall–Kier alpha value is -0.820. The Balaban J connectivity index is 1.64. The lowest BCUT2D eigenvalue weighted by Gasteiger charge is -2.50. The average Bonchev–Trinajstić information content (AvgIpc) is 2.83. The highest BCUT2D eigenvalue weighted by atomic mass is 16.3. The lowest BCUT2D eigenvalue weighted by molar-refractivity contribution is -0.0226. The quantitative estimate of drug-likeness (QED) is 0.827. The number of rotatable bonds is 2. The number of fused-ring (bicyclic) bond motifs is 5. The van der Waals surface area contributed by atoms with E-state index in [4.69, 9.17) is 0 Å². The van der Waals surface area contributed by atoms with Crippen molar-refractivity contribution < 1.29 is 5.11 Å². The van der Waals surface area contributed by atoms with Gasteiger partial charge in [0.2, 0.25) is 0 Å². The van der Waals surface area contributed by atoms with Crippen LogP contribution in [0.1, 0.15) is 75.0 Å². The van der Waals surface area contributed by atoms with Crippen molar-refractivity contribution >= 4 is 0 Å². The predicted octanol–water partition coefficient (Wildman–Crippen LogP) is 4.86. The first-order valence-electron chi connectivity index (χ1n) is 9.43. The van der Waals surface area contributed by atoms with Gasteiger partial charge >= 0.3 is 0 Å². The lowest BCUT2D eigenvalue weighted by atomic mass is 9.55. The maximum atomic E-state index is 10.5. The number of aryl methyl sites for hydroxylation is 2. The van der Waals surface area contributed by atoms with Gasteiger partial charge in [0.1, 0.15) is 0 Å². The molecule has 3 aliphatic rings. The second kappa shape index (κ2) is 5.37. The molecule has 1 aromatic carbocycles. The van der Waals surface area contributed by atoms with Crippen LogP contribution in [0.15, 0.2) is 18.2 Å². The van der Waals surface area contributed by atoms with Gasteiger partial charge in [-0.3, -0.25) is 0 Å². The van der Waals surface area contributed by atoms with Crippen molar-refractivity contribution in [3.05, 3.63) is 34.9 Å². The molecule has 2 saturated carbocycles. The second-order valence-electron chi connectivity index (χ2n) is 8.34. The van der Waals surface area contributed by atoms with E-state index in [1.165, 1.54) is 50.5 Å². The van der Waals surface area contributed by atoms with Crippen molar-refractivity contribution in [1.82, 2.24) is 0 Å². The van der Waals surface area contributed by atoms with Crippen molar-refractivity contribution in [2.24, 2.45) is 17.3 Å². The van der Waals surface area contributed by atoms with Gasteiger partial charge in [-0.05, 0) is 84.8 Å². The smallest absolute Gasteiger partial charge is 0.0596 e. The summed E-state index contributed by atoms with van der Waals surface area (Å²) in [6, 6.07) is 7.32. The Morgan fingerprint density at radius 3 is 2.86 bits per heavy atom. The van der Waals surface area contributed by atoms with E-state index < -0.39 is 0 Å². The molecule has 0 amide bonds. The van der Waals surface area contributed by atoms with Crippen molar-refractivity contribution in [3.8, 4) is 0 Å². The predicted molar refractivity (Wildman–Crippen MR) is 91.1 cm³/mol. The summed E-state index contributed by atoms with van der Waals surface area (Å²) in [5.74, 6) is 2.34. The summed E-state index contributed by atoms with van der Waals surface area (Å²) >= 11 is 0. The minimum Gasteiger partial charge on any atom is -0.393 e. The molecule has 1 aromatic rings. The van der Waals surface area contributed by atoms with Gasteiger partial charge < -0.3 is 5.11 Å². The van der Waals surface area contributed by atoms with Gasteiger partial charge in [-0.1, -0.05) is 38.5 Å². The summed E-state index contributed by atoms with van der Waals surface area (Å²) in [4.78, 5) is 0. The highest BCUT2D eigenvalue weighted by molar-refractivity contribution is 5.38. The molecule has 0 aliphatic heterocycles. The van der Waals surface area contributed by atoms with Crippen LogP contribution >= 0.6 is 0 Å². The van der Waals surface area contributed by atoms with E-state index in [2.05, 4.69) is 32.0 Å². The fourth-order valence-electron chi connectivity index (χ4n) is 6.05. The minimum absolute atomic E-state index is 0.0493. The van der Waals surface area contributed by atoms with Crippen LogP contribution in [-0.2, 0) is 12.8 Å². The zero-order chi connectivity index (χ0) is 15.3. The topological polar surface area (TPSA) is 20.2 Å². The van der Waals surface area contributed by atoms with E-state index in [-0.39, 0.29) is 11.5 Å². The SMILES string of the molecule is CCCc1ccc2c(c1)CCC1C2CCC2(C)C(O)CCC12.